The molecule has 4 N–H and O–H groups in total. The summed E-state index contributed by atoms with van der Waals surface area (Å²) >= 11 is 0. The molecule has 0 saturated heterocycles. The SMILES string of the molecule is CCCCCCCC/C=C\CCCCCC(NC(=O)CCCCCCCCCCCCCCC)C(CC)(NC(=O)CCCCCCCCCCCCCCC)C(N)=O. The molecule has 0 fully saturated rings. The number of hydrogen-bond donors (Lipinski definition) is 3. The van der Waals surface area contributed by atoms with Gasteiger partial charge in [0.1, 0.15) is 5.54 Å². The van der Waals surface area contributed by atoms with Crippen LogP contribution in [0.3, 0.4) is 0 Å². The molecule has 0 aromatic carbocycles. The average Bonchev–Trinajstić information content (AvgIpc) is 3.21. The zero-order valence-corrected chi connectivity index (χ0v) is 39.5. The van der Waals surface area contributed by atoms with Crippen molar-refractivity contribution in [2.45, 2.75) is 303 Å². The van der Waals surface area contributed by atoms with E-state index in [2.05, 4.69) is 43.6 Å². The van der Waals surface area contributed by atoms with E-state index in [1.807, 2.05) is 6.92 Å². The summed E-state index contributed by atoms with van der Waals surface area (Å²) in [6, 6.07) is -0.511. The molecule has 0 heterocycles. The molecule has 2 atom stereocenters. The first kappa shape index (κ1) is 56.1. The summed E-state index contributed by atoms with van der Waals surface area (Å²) in [6.07, 6.45) is 52.4. The summed E-state index contributed by atoms with van der Waals surface area (Å²) in [4.78, 5) is 40.0. The van der Waals surface area contributed by atoms with Gasteiger partial charge in [0.15, 0.2) is 0 Å². The highest BCUT2D eigenvalue weighted by Gasteiger charge is 2.44. The minimum Gasteiger partial charge on any atom is -0.368 e. The monoisotopic (exact) mass is 816 g/mol. The van der Waals surface area contributed by atoms with Crippen LogP contribution in [0.5, 0.6) is 0 Å². The Morgan fingerprint density at radius 3 is 1.09 bits per heavy atom. The summed E-state index contributed by atoms with van der Waals surface area (Å²) in [5.74, 6) is -0.705. The maximum absolute atomic E-state index is 13.4. The third-order valence-electron chi connectivity index (χ3n) is 12.6. The molecule has 342 valence electrons. The molecule has 6 heteroatoms. The zero-order valence-electron chi connectivity index (χ0n) is 39.5. The standard InChI is InChI=1S/C52H101N3O3/c1-5-9-12-15-18-21-24-27-30-33-36-39-42-45-48(54-49(56)46-43-40-37-34-31-28-25-22-19-16-13-10-6-2)52(8-4,51(53)58)55-50(57)47-44-41-38-35-32-29-26-23-20-17-14-11-7-3/h27,30,48H,5-26,28-29,31-47H2,1-4H3,(H2,53,58)(H,54,56)(H,55,57)/b30-27-. The maximum atomic E-state index is 13.4. The largest absolute Gasteiger partial charge is 0.368 e. The van der Waals surface area contributed by atoms with E-state index in [4.69, 9.17) is 5.73 Å². The minimum atomic E-state index is -1.28. The lowest BCUT2D eigenvalue weighted by atomic mass is 9.82. The molecule has 2 unspecified atom stereocenters. The van der Waals surface area contributed by atoms with Crippen molar-refractivity contribution in [1.29, 1.82) is 0 Å². The minimum absolute atomic E-state index is 0.0319. The Morgan fingerprint density at radius 1 is 0.431 bits per heavy atom. The van der Waals surface area contributed by atoms with Crippen LogP contribution in [0.15, 0.2) is 12.2 Å². The van der Waals surface area contributed by atoms with Crippen LogP contribution in [0.25, 0.3) is 0 Å². The first-order valence-electron chi connectivity index (χ1n) is 25.9. The Bertz CT molecular complexity index is 952. The van der Waals surface area contributed by atoms with Gasteiger partial charge in [-0.2, -0.15) is 0 Å². The van der Waals surface area contributed by atoms with Crippen LogP contribution in [0.4, 0.5) is 0 Å². The van der Waals surface area contributed by atoms with Crippen molar-refractivity contribution in [2.75, 3.05) is 0 Å². The topological polar surface area (TPSA) is 101 Å². The fourth-order valence-corrected chi connectivity index (χ4v) is 8.52. The molecule has 0 aliphatic carbocycles. The van der Waals surface area contributed by atoms with E-state index in [9.17, 15) is 14.4 Å². The smallest absolute Gasteiger partial charge is 0.245 e. The fourth-order valence-electron chi connectivity index (χ4n) is 8.52. The lowest BCUT2D eigenvalue weighted by Crippen LogP contribution is -2.68. The predicted molar refractivity (Wildman–Crippen MR) is 253 cm³/mol. The van der Waals surface area contributed by atoms with Crippen LogP contribution >= 0.6 is 0 Å². The molecule has 0 aliphatic rings. The molecule has 0 rings (SSSR count). The second kappa shape index (κ2) is 43.2. The Balaban J connectivity index is 4.90. The quantitative estimate of drug-likeness (QED) is 0.0421. The van der Waals surface area contributed by atoms with Crippen molar-refractivity contribution in [1.82, 2.24) is 10.6 Å². The summed E-state index contributed by atoms with van der Waals surface area (Å²) in [6.45, 7) is 8.72. The van der Waals surface area contributed by atoms with Crippen molar-refractivity contribution in [2.24, 2.45) is 5.73 Å². The number of nitrogens with one attached hydrogen (secondary N) is 2. The fraction of sp³-hybridized carbons (Fsp3) is 0.904. The molecule has 0 saturated carbocycles. The van der Waals surface area contributed by atoms with Gasteiger partial charge >= 0.3 is 0 Å². The molecule has 58 heavy (non-hydrogen) atoms. The number of amides is 3. The first-order chi connectivity index (χ1) is 28.4. The number of primary amides is 1. The van der Waals surface area contributed by atoms with Crippen LogP contribution in [-0.2, 0) is 14.4 Å². The van der Waals surface area contributed by atoms with Crippen LogP contribution in [0.2, 0.25) is 0 Å². The third kappa shape index (κ3) is 33.9. The van der Waals surface area contributed by atoms with Gasteiger partial charge in [0.05, 0.1) is 6.04 Å². The highest BCUT2D eigenvalue weighted by atomic mass is 16.2. The van der Waals surface area contributed by atoms with E-state index in [0.717, 1.165) is 70.6 Å². The summed E-state index contributed by atoms with van der Waals surface area (Å²) in [5.41, 5.74) is 4.86. The van der Waals surface area contributed by atoms with Crippen molar-refractivity contribution < 1.29 is 14.4 Å². The molecule has 0 radical (unpaired) electrons. The van der Waals surface area contributed by atoms with E-state index in [0.29, 0.717) is 25.7 Å². The Hall–Kier alpha value is -1.85. The van der Waals surface area contributed by atoms with Crippen molar-refractivity contribution >= 4 is 17.7 Å². The van der Waals surface area contributed by atoms with Crippen molar-refractivity contribution in [3.8, 4) is 0 Å². The molecule has 0 bridgehead atoms. The molecule has 6 nitrogen and oxygen atoms in total. The Kier molecular flexibility index (Phi) is 41.9. The van der Waals surface area contributed by atoms with E-state index in [1.165, 1.54) is 167 Å². The van der Waals surface area contributed by atoms with Crippen molar-refractivity contribution in [3.05, 3.63) is 12.2 Å². The number of carbonyl (C=O) groups is 3. The van der Waals surface area contributed by atoms with Crippen LogP contribution in [0.1, 0.15) is 291 Å². The van der Waals surface area contributed by atoms with Gasteiger partial charge in [0, 0.05) is 12.8 Å². The van der Waals surface area contributed by atoms with Gasteiger partial charge in [0.25, 0.3) is 0 Å². The second-order valence-corrected chi connectivity index (χ2v) is 18.0. The normalized spacial score (nSPS) is 13.2. The summed E-state index contributed by atoms with van der Waals surface area (Å²) in [7, 11) is 0. The van der Waals surface area contributed by atoms with Gasteiger partial charge in [-0.15, -0.1) is 0 Å². The number of hydrogen-bond acceptors (Lipinski definition) is 3. The second-order valence-electron chi connectivity index (χ2n) is 18.0. The molecule has 0 spiro atoms. The van der Waals surface area contributed by atoms with E-state index < -0.39 is 17.5 Å². The number of rotatable bonds is 46. The van der Waals surface area contributed by atoms with Gasteiger partial charge < -0.3 is 16.4 Å². The first-order valence-corrected chi connectivity index (χ1v) is 25.9. The highest BCUT2D eigenvalue weighted by molar-refractivity contribution is 5.92. The lowest BCUT2D eigenvalue weighted by Gasteiger charge is -2.39. The number of allylic oxidation sites excluding steroid dienone is 2. The van der Waals surface area contributed by atoms with Gasteiger partial charge in [-0.25, -0.2) is 0 Å². The molecule has 0 aromatic rings. The van der Waals surface area contributed by atoms with Gasteiger partial charge in [-0.05, 0) is 51.4 Å². The molecule has 0 aromatic heterocycles. The predicted octanol–water partition coefficient (Wildman–Crippen LogP) is 15.4. The third-order valence-corrected chi connectivity index (χ3v) is 12.6. The molecule has 3 amide bonds. The summed E-state index contributed by atoms with van der Waals surface area (Å²) in [5, 5.41) is 6.33. The van der Waals surface area contributed by atoms with Crippen LogP contribution in [0, 0.1) is 0 Å². The van der Waals surface area contributed by atoms with E-state index in [-0.39, 0.29) is 11.8 Å². The maximum Gasteiger partial charge on any atom is 0.245 e. The lowest BCUT2D eigenvalue weighted by molar-refractivity contribution is -0.134. The number of carbonyl (C=O) groups excluding carboxylic acids is 3. The Morgan fingerprint density at radius 2 is 0.741 bits per heavy atom. The number of nitrogens with two attached hydrogens (primary N) is 1. The highest BCUT2D eigenvalue weighted by Crippen LogP contribution is 2.23. The van der Waals surface area contributed by atoms with Crippen molar-refractivity contribution in [3.63, 3.8) is 0 Å². The van der Waals surface area contributed by atoms with Gasteiger partial charge in [-0.3, -0.25) is 14.4 Å². The number of unbranched alkanes of at least 4 members (excludes halogenated alkanes) is 33. The van der Waals surface area contributed by atoms with Crippen LogP contribution in [-0.4, -0.2) is 29.3 Å². The van der Waals surface area contributed by atoms with E-state index >= 15 is 0 Å². The van der Waals surface area contributed by atoms with Gasteiger partial charge in [0.2, 0.25) is 17.7 Å². The zero-order chi connectivity index (χ0) is 42.6. The van der Waals surface area contributed by atoms with E-state index in [1.54, 1.807) is 0 Å². The molecule has 0 aliphatic heterocycles. The average molecular weight is 816 g/mol. The molecular weight excluding hydrogens is 715 g/mol. The van der Waals surface area contributed by atoms with Crippen LogP contribution < -0.4 is 16.4 Å². The summed E-state index contributed by atoms with van der Waals surface area (Å²) < 4.78 is 0. The molecular formula is C52H101N3O3. The van der Waals surface area contributed by atoms with Gasteiger partial charge in [-0.1, -0.05) is 239 Å². The Labute approximate surface area is 362 Å².